The van der Waals surface area contributed by atoms with Crippen molar-refractivity contribution >= 4 is 29.4 Å². The van der Waals surface area contributed by atoms with Gasteiger partial charge in [0.1, 0.15) is 40.8 Å². The smallest absolute Gasteiger partial charge is 0.333 e. The maximum atomic E-state index is 16.3. The van der Waals surface area contributed by atoms with Gasteiger partial charge in [-0.25, -0.2) is 9.78 Å². The molecule has 7 aliphatic rings. The summed E-state index contributed by atoms with van der Waals surface area (Å²) in [5, 5.41) is 0. The molecule has 4 bridgehead atoms. The van der Waals surface area contributed by atoms with Crippen molar-refractivity contribution in [3.8, 4) is 17.2 Å². The molecule has 1 aromatic carbocycles. The average Bonchev–Trinajstić information content (AvgIpc) is 3.71. The normalized spacial score (nSPS) is 30.8. The predicted molar refractivity (Wildman–Crippen MR) is 237 cm³/mol. The third-order valence-corrected chi connectivity index (χ3v) is 14.4. The molecule has 13 nitrogen and oxygen atoms in total. The Morgan fingerprint density at radius 1 is 1.00 bits per heavy atom. The summed E-state index contributed by atoms with van der Waals surface area (Å²) >= 11 is 0. The van der Waals surface area contributed by atoms with Crippen molar-refractivity contribution in [1.82, 2.24) is 19.4 Å². The number of hydrogen-bond acceptors (Lipinski definition) is 12. The lowest BCUT2D eigenvalue weighted by molar-refractivity contribution is -0.208. The molecule has 9 rings (SSSR count). The van der Waals surface area contributed by atoms with Crippen molar-refractivity contribution in [2.75, 3.05) is 59.2 Å². The predicted octanol–water partition coefficient (Wildman–Crippen LogP) is 6.96. The van der Waals surface area contributed by atoms with Crippen molar-refractivity contribution in [3.05, 3.63) is 70.2 Å². The lowest BCUT2D eigenvalue weighted by atomic mass is 9.45. The zero-order chi connectivity index (χ0) is 44.5. The number of rotatable bonds is 13. The first-order valence-corrected chi connectivity index (χ1v) is 22.3. The van der Waals surface area contributed by atoms with Gasteiger partial charge in [-0.05, 0) is 100 Å². The Labute approximate surface area is 366 Å². The molecule has 3 aliphatic carbocycles. The van der Waals surface area contributed by atoms with E-state index in [1.54, 1.807) is 25.5 Å². The molecule has 0 radical (unpaired) electrons. The van der Waals surface area contributed by atoms with Crippen LogP contribution in [0.1, 0.15) is 109 Å². The highest BCUT2D eigenvalue weighted by Crippen LogP contribution is 2.72. The number of ether oxygens (including phenoxy) is 5. The number of nitrogen functional groups attached to an aromatic ring is 1. The number of esters is 1. The highest BCUT2D eigenvalue weighted by molar-refractivity contribution is 6.10. The van der Waals surface area contributed by atoms with Gasteiger partial charge in [-0.3, -0.25) is 14.5 Å². The molecule has 1 spiro atoms. The first-order valence-electron chi connectivity index (χ1n) is 22.3. The van der Waals surface area contributed by atoms with Crippen LogP contribution in [0.3, 0.4) is 0 Å². The Morgan fingerprint density at radius 2 is 1.73 bits per heavy atom. The molecule has 1 aromatic heterocycles. The summed E-state index contributed by atoms with van der Waals surface area (Å²) in [5.41, 5.74) is 5.98. The molecule has 13 heteroatoms. The number of imidazole rings is 1. The summed E-state index contributed by atoms with van der Waals surface area (Å²) in [6, 6.07) is -0.680. The number of ketones is 2. The van der Waals surface area contributed by atoms with Crippen molar-refractivity contribution in [2.24, 2.45) is 17.8 Å². The lowest BCUT2D eigenvalue weighted by Crippen LogP contribution is -2.78. The molecule has 5 fully saturated rings. The Kier molecular flexibility index (Phi) is 11.4. The van der Waals surface area contributed by atoms with Gasteiger partial charge in [0.05, 0.1) is 36.6 Å². The van der Waals surface area contributed by atoms with Crippen LogP contribution in [-0.4, -0.2) is 113 Å². The van der Waals surface area contributed by atoms with E-state index < -0.39 is 52.2 Å². The second kappa shape index (κ2) is 16.1. The fourth-order valence-electron chi connectivity index (χ4n) is 11.3. The van der Waals surface area contributed by atoms with Crippen LogP contribution < -0.4 is 19.9 Å². The van der Waals surface area contributed by atoms with Crippen LogP contribution in [0.5, 0.6) is 17.2 Å². The largest absolute Gasteiger partial charge is 0.491 e. The van der Waals surface area contributed by atoms with E-state index in [0.29, 0.717) is 59.9 Å². The molecule has 2 aromatic rings. The minimum Gasteiger partial charge on any atom is -0.491 e. The number of carbonyl (C=O) groups excluding carboxylic acids is 3. The molecule has 2 saturated heterocycles. The molecule has 2 N–H and O–H groups in total. The average molecular weight is 852 g/mol. The van der Waals surface area contributed by atoms with Gasteiger partial charge in [-0.15, -0.1) is 0 Å². The van der Waals surface area contributed by atoms with Crippen LogP contribution in [0.4, 0.5) is 5.82 Å². The summed E-state index contributed by atoms with van der Waals surface area (Å²) in [5.74, 6) is -1.15. The minimum atomic E-state index is -1.63. The summed E-state index contributed by atoms with van der Waals surface area (Å²) in [4.78, 5) is 53.8. The molecule has 7 unspecified atom stereocenters. The molecule has 0 amide bonds. The van der Waals surface area contributed by atoms with Crippen LogP contribution in [0.15, 0.2) is 53.5 Å². The lowest BCUT2D eigenvalue weighted by Gasteiger charge is -2.63. The number of Topliss-reactive ketones (excluding diaryl/α,β-unsaturated/α-hetero) is 2. The van der Waals surface area contributed by atoms with Crippen LogP contribution in [0.2, 0.25) is 0 Å². The van der Waals surface area contributed by atoms with E-state index in [1.165, 1.54) is 12.7 Å². The highest BCUT2D eigenvalue weighted by Gasteiger charge is 2.85. The van der Waals surface area contributed by atoms with Gasteiger partial charge >= 0.3 is 5.97 Å². The topological polar surface area (TPSA) is 148 Å². The monoisotopic (exact) mass is 851 g/mol. The molecule has 334 valence electrons. The summed E-state index contributed by atoms with van der Waals surface area (Å²) in [7, 11) is 3.47. The number of methoxy groups -OCH3 is 1. The van der Waals surface area contributed by atoms with Gasteiger partial charge in [0.25, 0.3) is 0 Å². The van der Waals surface area contributed by atoms with Crippen molar-refractivity contribution < 1.29 is 38.1 Å². The molecule has 3 saturated carbocycles. The molecule has 7 atom stereocenters. The number of nitrogens with two attached hydrogens (primary N) is 1. The number of fused-ring (bicyclic) bond motifs is 2. The van der Waals surface area contributed by atoms with Gasteiger partial charge < -0.3 is 38.9 Å². The van der Waals surface area contributed by atoms with Crippen molar-refractivity contribution in [1.29, 1.82) is 0 Å². The third-order valence-electron chi connectivity index (χ3n) is 14.4. The molecule has 5 heterocycles. The highest BCUT2D eigenvalue weighted by atomic mass is 16.6. The summed E-state index contributed by atoms with van der Waals surface area (Å²) in [6.45, 7) is 20.8. The number of hydrogen-bond donors (Lipinski definition) is 1. The SMILES string of the molecule is COC(=O)C(C)=CCC12OC(C)(C)C3CC(C1=O)C(n1cnc(N)c1)C1C(=O)c4c(OCCN5CCN(C)CC5)c5c(c(CC=C(C)C)c4OC132)OC(C)(CCC=C(C)C)C=C5. The fourth-order valence-corrected chi connectivity index (χ4v) is 11.3. The Balaban J connectivity index is 1.37. The van der Waals surface area contributed by atoms with E-state index in [2.05, 4.69) is 66.9 Å². The van der Waals surface area contributed by atoms with E-state index in [4.69, 9.17) is 29.4 Å². The van der Waals surface area contributed by atoms with Gasteiger partial charge in [-0.1, -0.05) is 29.4 Å². The standard InChI is InChI=1S/C49H65N5O8/c1-29(2)12-11-17-47(8)18-16-33-41(60-47)32(14-13-30(3)4)43-37(42(33)59-25-24-53-22-20-52(9)21-23-53)40(55)38-39(54-27-36(50)51-28-54)34-26-35-46(6,7)62-48(44(34)56,49(35,38)61-43)19-15-31(5)45(57)58-10/h12-13,15-16,18,27-28,34-35,38-39H,11,14,17,19-26,50H2,1-10H3. The molecular formula is C49H65N5O8. The van der Waals surface area contributed by atoms with Crippen LogP contribution >= 0.6 is 0 Å². The van der Waals surface area contributed by atoms with E-state index >= 15 is 9.59 Å². The quantitative estimate of drug-likeness (QED) is 0.126. The number of carbonyl (C=O) groups is 3. The number of piperazine rings is 1. The second-order valence-corrected chi connectivity index (χ2v) is 19.6. The Bertz CT molecular complexity index is 2270. The van der Waals surface area contributed by atoms with Crippen LogP contribution in [-0.2, 0) is 25.5 Å². The summed E-state index contributed by atoms with van der Waals surface area (Å²) < 4.78 is 35.9. The van der Waals surface area contributed by atoms with Crippen LogP contribution in [0, 0.1) is 17.8 Å². The summed E-state index contributed by atoms with van der Waals surface area (Å²) in [6.07, 6.45) is 15.9. The number of allylic oxidation sites excluding steroid dienone is 4. The third kappa shape index (κ3) is 7.12. The first kappa shape index (κ1) is 43.9. The van der Waals surface area contributed by atoms with Gasteiger partial charge in [0.15, 0.2) is 22.8 Å². The molecule has 62 heavy (non-hydrogen) atoms. The fraction of sp³-hybridized carbons (Fsp3) is 0.592. The van der Waals surface area contributed by atoms with Crippen molar-refractivity contribution in [3.63, 3.8) is 0 Å². The first-order chi connectivity index (χ1) is 29.4. The number of benzene rings is 1. The Morgan fingerprint density at radius 3 is 2.39 bits per heavy atom. The van der Waals surface area contributed by atoms with Crippen molar-refractivity contribution in [2.45, 2.75) is 116 Å². The Hall–Kier alpha value is -4.72. The number of likely N-dealkylation sites (N-methyl/N-ethyl adjacent to an activating group) is 1. The molecule has 4 aliphatic heterocycles. The van der Waals surface area contributed by atoms with Gasteiger partial charge in [0, 0.05) is 68.3 Å². The number of aromatic nitrogens is 2. The second-order valence-electron chi connectivity index (χ2n) is 19.6. The van der Waals surface area contributed by atoms with E-state index in [1.807, 2.05) is 32.3 Å². The van der Waals surface area contributed by atoms with E-state index in [9.17, 15) is 4.79 Å². The van der Waals surface area contributed by atoms with Gasteiger partial charge in [-0.2, -0.15) is 0 Å². The van der Waals surface area contributed by atoms with Gasteiger partial charge in [0.2, 0.25) is 0 Å². The number of anilines is 1. The van der Waals surface area contributed by atoms with E-state index in [0.717, 1.165) is 50.2 Å². The maximum absolute atomic E-state index is 16.3. The minimum absolute atomic E-state index is 0.00535. The zero-order valence-corrected chi connectivity index (χ0v) is 38.3. The van der Waals surface area contributed by atoms with Crippen LogP contribution in [0.25, 0.3) is 6.08 Å². The maximum Gasteiger partial charge on any atom is 0.333 e. The zero-order valence-electron chi connectivity index (χ0n) is 38.3. The number of nitrogens with zero attached hydrogens (tertiary/aromatic N) is 4. The van der Waals surface area contributed by atoms with E-state index in [-0.39, 0.29) is 23.8 Å². The molecular weight excluding hydrogens is 787 g/mol.